The summed E-state index contributed by atoms with van der Waals surface area (Å²) < 4.78 is 34.7. The first-order valence-electron chi connectivity index (χ1n) is 32.9. The molecule has 2 unspecified atom stereocenters. The third-order valence-electron chi connectivity index (χ3n) is 13.7. The number of unbranched alkanes of at least 4 members (excludes halogenated alkanes) is 23. The molecule has 1 N–H and O–H groups in total. The van der Waals surface area contributed by atoms with Crippen LogP contribution in [0.5, 0.6) is 0 Å². The molecule has 0 aliphatic carbocycles. The Morgan fingerprint density at radius 2 is 0.659 bits per heavy atom. The Hall–Kier alpha value is -3.85. The third-order valence-corrected chi connectivity index (χ3v) is 14.7. The zero-order valence-electron chi connectivity index (χ0n) is 53.2. The largest absolute Gasteiger partial charge is 0.472 e. The Morgan fingerprint density at radius 3 is 0.976 bits per heavy atom. The lowest BCUT2D eigenvalue weighted by Gasteiger charge is -2.24. The number of hydrogen-bond donors (Lipinski definition) is 1. The van der Waals surface area contributed by atoms with Crippen LogP contribution in [0, 0.1) is 0 Å². The molecule has 0 aromatic carbocycles. The smallest absolute Gasteiger partial charge is 0.462 e. The molecule has 2 atom stereocenters. The third kappa shape index (κ3) is 65.3. The van der Waals surface area contributed by atoms with Crippen LogP contribution in [-0.2, 0) is 32.7 Å². The van der Waals surface area contributed by atoms with Crippen LogP contribution in [0.4, 0.5) is 0 Å². The van der Waals surface area contributed by atoms with E-state index >= 15 is 0 Å². The van der Waals surface area contributed by atoms with Crippen molar-refractivity contribution >= 4 is 19.8 Å². The highest BCUT2D eigenvalue weighted by Crippen LogP contribution is 2.43. The predicted octanol–water partition coefficient (Wildman–Crippen LogP) is 21.3. The lowest BCUT2D eigenvalue weighted by molar-refractivity contribution is -0.870. The fraction of sp³-hybridized carbons (Fsp3) is 0.667. The molecule has 468 valence electrons. The van der Waals surface area contributed by atoms with Crippen molar-refractivity contribution in [3.63, 3.8) is 0 Å². The Labute approximate surface area is 504 Å². The lowest BCUT2D eigenvalue weighted by Crippen LogP contribution is -2.37. The van der Waals surface area contributed by atoms with Gasteiger partial charge in [0.1, 0.15) is 19.8 Å². The summed E-state index contributed by atoms with van der Waals surface area (Å²) in [6.07, 6.45) is 89.6. The molecular weight excluding hydrogens is 1040 g/mol. The van der Waals surface area contributed by atoms with Crippen LogP contribution < -0.4 is 0 Å². The summed E-state index contributed by atoms with van der Waals surface area (Å²) in [7, 11) is 1.46. The van der Waals surface area contributed by atoms with E-state index in [1.165, 1.54) is 109 Å². The summed E-state index contributed by atoms with van der Waals surface area (Å²) in [4.78, 5) is 35.8. The second-order valence-electron chi connectivity index (χ2n) is 22.7. The fourth-order valence-electron chi connectivity index (χ4n) is 8.69. The van der Waals surface area contributed by atoms with E-state index < -0.39 is 26.5 Å². The van der Waals surface area contributed by atoms with Crippen molar-refractivity contribution in [3.05, 3.63) is 134 Å². The summed E-state index contributed by atoms with van der Waals surface area (Å²) in [6.45, 7) is 4.20. The second-order valence-corrected chi connectivity index (χ2v) is 24.2. The topological polar surface area (TPSA) is 108 Å². The molecule has 0 radical (unpaired) electrons. The van der Waals surface area contributed by atoms with E-state index in [-0.39, 0.29) is 32.0 Å². The molecular formula is C72H123NO8P+. The number of carbonyl (C=O) groups is 2. The highest BCUT2D eigenvalue weighted by atomic mass is 31.2. The highest BCUT2D eigenvalue weighted by molar-refractivity contribution is 7.47. The number of nitrogens with zero attached hydrogens (tertiary/aromatic N) is 1. The molecule has 0 aliphatic heterocycles. The number of allylic oxidation sites excluding steroid dienone is 22. The summed E-state index contributed by atoms with van der Waals surface area (Å²) in [5, 5.41) is 0. The molecule has 0 aromatic heterocycles. The van der Waals surface area contributed by atoms with Crippen LogP contribution in [0.25, 0.3) is 0 Å². The van der Waals surface area contributed by atoms with Crippen LogP contribution in [0.1, 0.15) is 258 Å². The van der Waals surface area contributed by atoms with Crippen LogP contribution in [-0.4, -0.2) is 74.9 Å². The molecule has 0 rings (SSSR count). The number of rotatable bonds is 59. The van der Waals surface area contributed by atoms with E-state index in [0.717, 1.165) is 116 Å². The van der Waals surface area contributed by atoms with Gasteiger partial charge in [0.05, 0.1) is 27.7 Å². The average Bonchev–Trinajstić information content (AvgIpc) is 3.45. The summed E-state index contributed by atoms with van der Waals surface area (Å²) in [6, 6.07) is 0. The van der Waals surface area contributed by atoms with Crippen LogP contribution in [0.3, 0.4) is 0 Å². The van der Waals surface area contributed by atoms with Crippen LogP contribution in [0.2, 0.25) is 0 Å². The van der Waals surface area contributed by atoms with Crippen molar-refractivity contribution < 1.29 is 42.1 Å². The second kappa shape index (κ2) is 61.7. The molecule has 0 saturated carbocycles. The van der Waals surface area contributed by atoms with Gasteiger partial charge in [0.15, 0.2) is 6.10 Å². The maximum Gasteiger partial charge on any atom is 0.472 e. The van der Waals surface area contributed by atoms with E-state index in [2.05, 4.69) is 148 Å². The molecule has 0 amide bonds. The van der Waals surface area contributed by atoms with E-state index in [1.807, 2.05) is 21.1 Å². The van der Waals surface area contributed by atoms with Gasteiger partial charge < -0.3 is 18.9 Å². The normalized spacial score (nSPS) is 14.1. The maximum absolute atomic E-state index is 12.9. The number of hydrogen-bond acceptors (Lipinski definition) is 7. The first-order chi connectivity index (χ1) is 40.0. The number of phosphoric ester groups is 1. The number of phosphoric acid groups is 1. The molecule has 0 aliphatic rings. The zero-order chi connectivity index (χ0) is 59.8. The minimum absolute atomic E-state index is 0.0251. The quantitative estimate of drug-likeness (QED) is 0.0211. The predicted molar refractivity (Wildman–Crippen MR) is 353 cm³/mol. The first kappa shape index (κ1) is 78.1. The van der Waals surface area contributed by atoms with E-state index in [9.17, 15) is 19.0 Å². The molecule has 0 fully saturated rings. The van der Waals surface area contributed by atoms with Gasteiger partial charge in [-0.2, -0.15) is 0 Å². The van der Waals surface area contributed by atoms with Crippen molar-refractivity contribution in [1.29, 1.82) is 0 Å². The Balaban J connectivity index is 4.10. The van der Waals surface area contributed by atoms with Gasteiger partial charge in [0, 0.05) is 12.8 Å². The Morgan fingerprint density at radius 1 is 0.378 bits per heavy atom. The molecule has 82 heavy (non-hydrogen) atoms. The number of ether oxygens (including phenoxy) is 2. The minimum atomic E-state index is -4.40. The highest BCUT2D eigenvalue weighted by Gasteiger charge is 2.27. The standard InChI is InChI=1S/C72H122NO8P/c1-6-8-10-12-14-16-18-20-22-24-26-28-30-31-32-33-34-35-36-37-38-39-40-41-43-45-47-49-51-53-55-57-59-61-63-65-72(75)81-70(69-80-82(76,77)79-67-66-73(3,4)5)68-78-71(74)64-62-60-58-56-54-52-50-48-46-44-42-29-27-25-23-21-19-17-15-13-11-9-7-2/h8-11,14-17,20-23,26-29,31-32,34-35,37-38,70H,6-7,12-13,18-19,24-25,30,33,36,39-69H2,1-5H3/p+1/b10-8-,11-9-,16-14-,17-15-,22-20-,23-21-,28-26-,29-27-,32-31-,35-34-,38-37-. The van der Waals surface area contributed by atoms with Crippen molar-refractivity contribution in [2.45, 2.75) is 264 Å². The molecule has 10 heteroatoms. The summed E-state index contributed by atoms with van der Waals surface area (Å²) in [5.74, 6) is -0.806. The lowest BCUT2D eigenvalue weighted by atomic mass is 10.0. The van der Waals surface area contributed by atoms with Gasteiger partial charge in [-0.15, -0.1) is 0 Å². The minimum Gasteiger partial charge on any atom is -0.462 e. The van der Waals surface area contributed by atoms with Gasteiger partial charge in [0.25, 0.3) is 0 Å². The number of likely N-dealkylation sites (N-methyl/N-ethyl adjacent to an activating group) is 1. The Kier molecular flexibility index (Phi) is 58.8. The zero-order valence-corrected chi connectivity index (χ0v) is 54.1. The SMILES string of the molecule is CC/C=C\C/C=C\C/C=C\C/C=C\C/C=C\C/C=C\C/C=C\CCCCCCCCCCCCCCCC(=O)OC(COC(=O)CCCCCCCCCCCC/C=C\C/C=C\C/C=C\C/C=C\CC)COP(=O)(O)OCC[N+](C)(C)C. The van der Waals surface area contributed by atoms with Gasteiger partial charge >= 0.3 is 19.8 Å². The molecule has 0 saturated heterocycles. The molecule has 0 heterocycles. The van der Waals surface area contributed by atoms with Crippen LogP contribution in [0.15, 0.2) is 134 Å². The van der Waals surface area contributed by atoms with Gasteiger partial charge in [-0.05, 0) is 109 Å². The number of carbonyl (C=O) groups excluding carboxylic acids is 2. The van der Waals surface area contributed by atoms with Crippen molar-refractivity contribution in [2.75, 3.05) is 47.5 Å². The van der Waals surface area contributed by atoms with Crippen molar-refractivity contribution in [1.82, 2.24) is 0 Å². The van der Waals surface area contributed by atoms with Gasteiger partial charge in [-0.1, -0.05) is 270 Å². The van der Waals surface area contributed by atoms with E-state index in [0.29, 0.717) is 17.4 Å². The van der Waals surface area contributed by atoms with Crippen LogP contribution >= 0.6 is 7.82 Å². The summed E-state index contributed by atoms with van der Waals surface area (Å²) >= 11 is 0. The van der Waals surface area contributed by atoms with Crippen molar-refractivity contribution in [2.24, 2.45) is 0 Å². The van der Waals surface area contributed by atoms with Gasteiger partial charge in [-0.25, -0.2) is 4.57 Å². The fourth-order valence-corrected chi connectivity index (χ4v) is 9.44. The molecule has 0 spiro atoms. The Bertz CT molecular complexity index is 1850. The van der Waals surface area contributed by atoms with Gasteiger partial charge in [-0.3, -0.25) is 18.6 Å². The van der Waals surface area contributed by atoms with E-state index in [4.69, 9.17) is 18.5 Å². The molecule has 0 bridgehead atoms. The van der Waals surface area contributed by atoms with E-state index in [1.54, 1.807) is 0 Å². The average molecular weight is 1160 g/mol. The number of esters is 2. The molecule has 0 aromatic rings. The number of quaternary nitrogens is 1. The maximum atomic E-state index is 12.9. The molecule has 9 nitrogen and oxygen atoms in total. The van der Waals surface area contributed by atoms with Gasteiger partial charge in [0.2, 0.25) is 0 Å². The monoisotopic (exact) mass is 1160 g/mol. The van der Waals surface area contributed by atoms with Crippen molar-refractivity contribution in [3.8, 4) is 0 Å². The summed E-state index contributed by atoms with van der Waals surface area (Å²) in [5.41, 5.74) is 0. The first-order valence-corrected chi connectivity index (χ1v) is 34.4.